The molecular weight excluding hydrogens is 174 g/mol. The van der Waals surface area contributed by atoms with Crippen LogP contribution in [0.5, 0.6) is 0 Å². The highest BCUT2D eigenvalue weighted by Gasteiger charge is 2.50. The fraction of sp³-hybridized carbons (Fsp3) is 1.00. The van der Waals surface area contributed by atoms with E-state index in [0.717, 1.165) is 12.6 Å². The standard InChI is InChI=1S/C12H23NO/c1-4-13-11-5-7-12(13,8-6-11)9-14-10(2)3/h10-11H,4-9H2,1-3H3. The third-order valence-electron chi connectivity index (χ3n) is 3.96. The van der Waals surface area contributed by atoms with E-state index in [1.54, 1.807) is 0 Å². The summed E-state index contributed by atoms with van der Waals surface area (Å²) in [5.41, 5.74) is 0.420. The summed E-state index contributed by atoms with van der Waals surface area (Å²) in [6.07, 6.45) is 5.89. The van der Waals surface area contributed by atoms with Crippen molar-refractivity contribution in [3.8, 4) is 0 Å². The molecule has 0 N–H and O–H groups in total. The first-order chi connectivity index (χ1) is 6.68. The first-order valence-corrected chi connectivity index (χ1v) is 6.06. The third-order valence-corrected chi connectivity index (χ3v) is 3.96. The lowest BCUT2D eigenvalue weighted by Gasteiger charge is -2.34. The number of hydrogen-bond donors (Lipinski definition) is 0. The molecule has 0 aromatic carbocycles. The second kappa shape index (κ2) is 3.82. The first-order valence-electron chi connectivity index (χ1n) is 6.06. The fourth-order valence-corrected chi connectivity index (χ4v) is 3.27. The molecule has 2 fully saturated rings. The van der Waals surface area contributed by atoms with Gasteiger partial charge in [-0.2, -0.15) is 0 Å². The highest BCUT2D eigenvalue weighted by Crippen LogP contribution is 2.46. The number of fused-ring (bicyclic) bond motifs is 2. The van der Waals surface area contributed by atoms with Gasteiger partial charge in [0.25, 0.3) is 0 Å². The van der Waals surface area contributed by atoms with Crippen LogP contribution < -0.4 is 0 Å². The summed E-state index contributed by atoms with van der Waals surface area (Å²) in [6, 6.07) is 0.871. The van der Waals surface area contributed by atoms with E-state index >= 15 is 0 Å². The number of likely N-dealkylation sites (N-methyl/N-ethyl adjacent to an activating group) is 1. The molecule has 2 saturated heterocycles. The van der Waals surface area contributed by atoms with Gasteiger partial charge in [0.05, 0.1) is 12.7 Å². The van der Waals surface area contributed by atoms with E-state index in [4.69, 9.17) is 4.74 Å². The van der Waals surface area contributed by atoms with E-state index in [-0.39, 0.29) is 0 Å². The Labute approximate surface area is 87.6 Å². The van der Waals surface area contributed by atoms with Crippen LogP contribution in [0.1, 0.15) is 46.5 Å². The largest absolute Gasteiger partial charge is 0.377 e. The van der Waals surface area contributed by atoms with E-state index < -0.39 is 0 Å². The van der Waals surface area contributed by atoms with Gasteiger partial charge in [-0.3, -0.25) is 4.90 Å². The topological polar surface area (TPSA) is 12.5 Å². The van der Waals surface area contributed by atoms with Gasteiger partial charge >= 0.3 is 0 Å². The molecule has 0 aromatic heterocycles. The van der Waals surface area contributed by atoms with Crippen molar-refractivity contribution < 1.29 is 4.74 Å². The molecule has 0 aromatic rings. The molecule has 2 bridgehead atoms. The average Bonchev–Trinajstić information content (AvgIpc) is 2.69. The molecule has 2 rings (SSSR count). The second-order valence-corrected chi connectivity index (χ2v) is 5.10. The van der Waals surface area contributed by atoms with Gasteiger partial charge in [-0.15, -0.1) is 0 Å². The lowest BCUT2D eigenvalue weighted by Crippen LogP contribution is -2.45. The maximum atomic E-state index is 5.84. The van der Waals surface area contributed by atoms with Crippen molar-refractivity contribution in [1.29, 1.82) is 0 Å². The number of ether oxygens (including phenoxy) is 1. The molecule has 14 heavy (non-hydrogen) atoms. The van der Waals surface area contributed by atoms with Gasteiger partial charge in [-0.05, 0) is 46.1 Å². The van der Waals surface area contributed by atoms with Crippen LogP contribution in [0.3, 0.4) is 0 Å². The van der Waals surface area contributed by atoms with Crippen LogP contribution in [-0.4, -0.2) is 35.7 Å². The third kappa shape index (κ3) is 1.59. The summed E-state index contributed by atoms with van der Waals surface area (Å²) in [6.45, 7) is 8.71. The van der Waals surface area contributed by atoms with E-state index in [0.29, 0.717) is 11.6 Å². The molecule has 0 spiro atoms. The summed E-state index contributed by atoms with van der Waals surface area (Å²) >= 11 is 0. The van der Waals surface area contributed by atoms with Gasteiger partial charge in [0.2, 0.25) is 0 Å². The average molecular weight is 197 g/mol. The number of rotatable bonds is 4. The van der Waals surface area contributed by atoms with Crippen molar-refractivity contribution >= 4 is 0 Å². The molecule has 0 atom stereocenters. The quantitative estimate of drug-likeness (QED) is 0.686. The Hall–Kier alpha value is -0.0800. The summed E-state index contributed by atoms with van der Waals surface area (Å²) in [5, 5.41) is 0. The Morgan fingerprint density at radius 3 is 2.50 bits per heavy atom. The van der Waals surface area contributed by atoms with Crippen molar-refractivity contribution in [2.75, 3.05) is 13.2 Å². The van der Waals surface area contributed by atoms with Gasteiger partial charge in [0, 0.05) is 11.6 Å². The zero-order chi connectivity index (χ0) is 10.2. The van der Waals surface area contributed by atoms with Crippen LogP contribution in [0.15, 0.2) is 0 Å². The molecule has 2 nitrogen and oxygen atoms in total. The SMILES string of the molecule is CCN1C2CCC1(COC(C)C)CC2. The maximum absolute atomic E-state index is 5.84. The summed E-state index contributed by atoms with van der Waals surface area (Å²) in [7, 11) is 0. The lowest BCUT2D eigenvalue weighted by atomic mass is 9.88. The van der Waals surface area contributed by atoms with Gasteiger partial charge < -0.3 is 4.74 Å². The molecule has 0 amide bonds. The Morgan fingerprint density at radius 2 is 2.00 bits per heavy atom. The number of nitrogens with zero attached hydrogens (tertiary/aromatic N) is 1. The fourth-order valence-electron chi connectivity index (χ4n) is 3.27. The van der Waals surface area contributed by atoms with Crippen molar-refractivity contribution in [2.24, 2.45) is 0 Å². The minimum Gasteiger partial charge on any atom is -0.377 e. The zero-order valence-electron chi connectivity index (χ0n) is 9.75. The van der Waals surface area contributed by atoms with Gasteiger partial charge in [0.1, 0.15) is 0 Å². The first kappa shape index (κ1) is 10.4. The molecule has 0 aliphatic carbocycles. The molecule has 2 aliphatic heterocycles. The Balaban J connectivity index is 1.99. The van der Waals surface area contributed by atoms with Crippen LogP contribution in [0.2, 0.25) is 0 Å². The van der Waals surface area contributed by atoms with E-state index in [1.807, 2.05) is 0 Å². The number of hydrogen-bond acceptors (Lipinski definition) is 2. The lowest BCUT2D eigenvalue weighted by molar-refractivity contribution is -0.00380. The van der Waals surface area contributed by atoms with Gasteiger partial charge in [-0.1, -0.05) is 6.92 Å². The van der Waals surface area contributed by atoms with Crippen LogP contribution in [0.25, 0.3) is 0 Å². The second-order valence-electron chi connectivity index (χ2n) is 5.10. The molecule has 2 heterocycles. The van der Waals surface area contributed by atoms with Gasteiger partial charge in [0.15, 0.2) is 0 Å². The van der Waals surface area contributed by atoms with Crippen LogP contribution in [0.4, 0.5) is 0 Å². The van der Waals surface area contributed by atoms with Crippen molar-refractivity contribution in [1.82, 2.24) is 4.90 Å². The van der Waals surface area contributed by atoms with Crippen LogP contribution >= 0.6 is 0 Å². The van der Waals surface area contributed by atoms with Gasteiger partial charge in [-0.25, -0.2) is 0 Å². The van der Waals surface area contributed by atoms with Crippen LogP contribution in [-0.2, 0) is 4.74 Å². The smallest absolute Gasteiger partial charge is 0.0654 e. The monoisotopic (exact) mass is 197 g/mol. The summed E-state index contributed by atoms with van der Waals surface area (Å²) in [5.74, 6) is 0. The van der Waals surface area contributed by atoms with Crippen molar-refractivity contribution in [2.45, 2.75) is 64.1 Å². The molecular formula is C12H23NO. The Morgan fingerprint density at radius 1 is 1.36 bits per heavy atom. The van der Waals surface area contributed by atoms with Crippen molar-refractivity contribution in [3.63, 3.8) is 0 Å². The molecule has 2 heteroatoms. The molecule has 2 aliphatic rings. The Bertz CT molecular complexity index is 194. The maximum Gasteiger partial charge on any atom is 0.0654 e. The zero-order valence-corrected chi connectivity index (χ0v) is 9.75. The highest BCUT2D eigenvalue weighted by molar-refractivity contribution is 5.06. The Kier molecular flexibility index (Phi) is 2.85. The van der Waals surface area contributed by atoms with Crippen LogP contribution in [0, 0.1) is 0 Å². The predicted molar refractivity (Wildman–Crippen MR) is 58.5 cm³/mol. The summed E-state index contributed by atoms with van der Waals surface area (Å²) < 4.78 is 5.84. The van der Waals surface area contributed by atoms with E-state index in [1.165, 1.54) is 32.2 Å². The highest BCUT2D eigenvalue weighted by atomic mass is 16.5. The normalized spacial score (nSPS) is 37.3. The molecule has 82 valence electrons. The predicted octanol–water partition coefficient (Wildman–Crippen LogP) is 2.43. The summed E-state index contributed by atoms with van der Waals surface area (Å²) in [4.78, 5) is 2.69. The minimum absolute atomic E-state index is 0.378. The van der Waals surface area contributed by atoms with Crippen molar-refractivity contribution in [3.05, 3.63) is 0 Å². The molecule has 0 saturated carbocycles. The minimum atomic E-state index is 0.378. The molecule has 0 radical (unpaired) electrons. The molecule has 0 unspecified atom stereocenters. The van der Waals surface area contributed by atoms with E-state index in [9.17, 15) is 0 Å². The van der Waals surface area contributed by atoms with E-state index in [2.05, 4.69) is 25.7 Å².